The van der Waals surface area contributed by atoms with E-state index in [0.29, 0.717) is 0 Å². The van der Waals surface area contributed by atoms with Crippen LogP contribution in [0.25, 0.3) is 0 Å². The molecular formula is C7H10O3. The second-order valence-corrected chi connectivity index (χ2v) is 2.65. The molecule has 3 atom stereocenters. The Bertz CT molecular complexity index is 164. The van der Waals surface area contributed by atoms with Gasteiger partial charge in [-0.05, 0) is 5.92 Å². The molecule has 0 bridgehead atoms. The Morgan fingerprint density at radius 1 is 1.70 bits per heavy atom. The van der Waals surface area contributed by atoms with Gasteiger partial charge in [0.1, 0.15) is 6.29 Å². The van der Waals surface area contributed by atoms with Crippen LogP contribution in [0.2, 0.25) is 0 Å². The van der Waals surface area contributed by atoms with E-state index >= 15 is 0 Å². The van der Waals surface area contributed by atoms with Crippen molar-refractivity contribution in [2.75, 3.05) is 0 Å². The predicted molar refractivity (Wildman–Crippen MR) is 34.5 cm³/mol. The van der Waals surface area contributed by atoms with Crippen LogP contribution >= 0.6 is 0 Å². The number of hydrogen-bond acceptors (Lipinski definition) is 2. The average molecular weight is 142 g/mol. The molecule has 0 radical (unpaired) electrons. The van der Waals surface area contributed by atoms with E-state index in [9.17, 15) is 9.59 Å². The zero-order valence-electron chi connectivity index (χ0n) is 5.78. The van der Waals surface area contributed by atoms with E-state index in [0.717, 1.165) is 12.7 Å². The fourth-order valence-corrected chi connectivity index (χ4v) is 1.46. The monoisotopic (exact) mass is 142 g/mol. The molecule has 56 valence electrons. The zero-order valence-corrected chi connectivity index (χ0v) is 5.78. The summed E-state index contributed by atoms with van der Waals surface area (Å²) in [6.45, 7) is 1.91. The van der Waals surface area contributed by atoms with Crippen LogP contribution in [-0.2, 0) is 9.59 Å². The summed E-state index contributed by atoms with van der Waals surface area (Å²) in [5.74, 6) is -1.32. The molecule has 0 aromatic carbocycles. The summed E-state index contributed by atoms with van der Waals surface area (Å²) in [6.07, 6.45) is 1.55. The van der Waals surface area contributed by atoms with Crippen molar-refractivity contribution in [2.24, 2.45) is 17.8 Å². The highest BCUT2D eigenvalue weighted by Crippen LogP contribution is 2.46. The maximum Gasteiger partial charge on any atom is 0.307 e. The molecule has 0 aliphatic heterocycles. The second kappa shape index (κ2) is 2.40. The van der Waals surface area contributed by atoms with Gasteiger partial charge in [-0.3, -0.25) is 4.79 Å². The number of aliphatic carboxylic acids is 1. The predicted octanol–water partition coefficient (Wildman–Crippen LogP) is 0.542. The highest BCUT2D eigenvalue weighted by Gasteiger charge is 2.53. The van der Waals surface area contributed by atoms with Gasteiger partial charge in [-0.25, -0.2) is 0 Å². The minimum absolute atomic E-state index is 0.106. The Hall–Kier alpha value is -0.860. The normalized spacial score (nSPS) is 37.1. The Kier molecular flexibility index (Phi) is 1.74. The van der Waals surface area contributed by atoms with E-state index in [4.69, 9.17) is 5.11 Å². The third-order valence-electron chi connectivity index (χ3n) is 2.14. The molecule has 1 fully saturated rings. The van der Waals surface area contributed by atoms with Gasteiger partial charge in [-0.2, -0.15) is 0 Å². The zero-order chi connectivity index (χ0) is 7.72. The van der Waals surface area contributed by atoms with Crippen molar-refractivity contribution in [2.45, 2.75) is 13.3 Å². The van der Waals surface area contributed by atoms with Gasteiger partial charge in [-0.1, -0.05) is 13.3 Å². The Labute approximate surface area is 59.0 Å². The number of aldehydes is 1. The van der Waals surface area contributed by atoms with Crippen molar-refractivity contribution in [3.63, 3.8) is 0 Å². The highest BCUT2D eigenvalue weighted by atomic mass is 16.4. The first-order valence-electron chi connectivity index (χ1n) is 3.40. The summed E-state index contributed by atoms with van der Waals surface area (Å²) in [7, 11) is 0. The molecular weight excluding hydrogens is 132 g/mol. The van der Waals surface area contributed by atoms with Crippen LogP contribution in [0.15, 0.2) is 0 Å². The van der Waals surface area contributed by atoms with E-state index in [1.807, 2.05) is 6.92 Å². The Morgan fingerprint density at radius 2 is 2.30 bits per heavy atom. The summed E-state index contributed by atoms with van der Waals surface area (Å²) < 4.78 is 0. The van der Waals surface area contributed by atoms with Crippen molar-refractivity contribution in [1.82, 2.24) is 0 Å². The number of hydrogen-bond donors (Lipinski definition) is 1. The summed E-state index contributed by atoms with van der Waals surface area (Å²) in [5.41, 5.74) is 0. The maximum atomic E-state index is 10.3. The third-order valence-corrected chi connectivity index (χ3v) is 2.14. The van der Waals surface area contributed by atoms with Crippen LogP contribution in [-0.4, -0.2) is 17.4 Å². The minimum atomic E-state index is -0.830. The Balaban J connectivity index is 2.51. The van der Waals surface area contributed by atoms with Gasteiger partial charge in [-0.15, -0.1) is 0 Å². The first-order valence-corrected chi connectivity index (χ1v) is 3.40. The van der Waals surface area contributed by atoms with Gasteiger partial charge < -0.3 is 9.90 Å². The van der Waals surface area contributed by atoms with Crippen molar-refractivity contribution in [3.05, 3.63) is 0 Å². The molecule has 10 heavy (non-hydrogen) atoms. The quantitative estimate of drug-likeness (QED) is 0.585. The third kappa shape index (κ3) is 0.916. The molecule has 0 unspecified atom stereocenters. The van der Waals surface area contributed by atoms with Crippen molar-refractivity contribution < 1.29 is 14.7 Å². The van der Waals surface area contributed by atoms with E-state index in [1.54, 1.807) is 0 Å². The van der Waals surface area contributed by atoms with Crippen molar-refractivity contribution in [1.29, 1.82) is 0 Å². The van der Waals surface area contributed by atoms with Crippen molar-refractivity contribution in [3.8, 4) is 0 Å². The molecule has 0 heterocycles. The largest absolute Gasteiger partial charge is 0.481 e. The first kappa shape index (κ1) is 7.25. The molecule has 0 aromatic rings. The molecule has 0 spiro atoms. The summed E-state index contributed by atoms with van der Waals surface area (Å²) in [6, 6.07) is 0. The first-order chi connectivity index (χ1) is 4.72. The number of rotatable bonds is 3. The van der Waals surface area contributed by atoms with Gasteiger partial charge in [0.15, 0.2) is 0 Å². The molecule has 1 saturated carbocycles. The standard InChI is InChI=1S/C7H10O3/c1-2-4-5(3-8)6(4)7(9)10/h3-6H,2H2,1H3,(H,9,10)/t4-,5-,6-/m0/s1. The van der Waals surface area contributed by atoms with Gasteiger partial charge in [0, 0.05) is 5.92 Å². The van der Waals surface area contributed by atoms with E-state index < -0.39 is 5.97 Å². The maximum absolute atomic E-state index is 10.3. The van der Waals surface area contributed by atoms with Gasteiger partial charge in [0.2, 0.25) is 0 Å². The van der Waals surface area contributed by atoms with E-state index in [-0.39, 0.29) is 17.8 Å². The fraction of sp³-hybridized carbons (Fsp3) is 0.714. The highest BCUT2D eigenvalue weighted by molar-refractivity contribution is 5.81. The van der Waals surface area contributed by atoms with Gasteiger partial charge in [0.05, 0.1) is 5.92 Å². The topological polar surface area (TPSA) is 54.4 Å². The number of carboxylic acids is 1. The summed E-state index contributed by atoms with van der Waals surface area (Å²) in [5, 5.41) is 8.50. The van der Waals surface area contributed by atoms with Crippen LogP contribution < -0.4 is 0 Å². The van der Waals surface area contributed by atoms with E-state index in [2.05, 4.69) is 0 Å². The molecule has 0 amide bonds. The SMILES string of the molecule is CC[C@H]1[C@H](C=O)[C@H]1C(=O)O. The van der Waals surface area contributed by atoms with Crippen LogP contribution in [0.1, 0.15) is 13.3 Å². The van der Waals surface area contributed by atoms with Crippen LogP contribution in [0.3, 0.4) is 0 Å². The van der Waals surface area contributed by atoms with E-state index in [1.165, 1.54) is 0 Å². The van der Waals surface area contributed by atoms with Gasteiger partial charge >= 0.3 is 5.97 Å². The molecule has 1 N–H and O–H groups in total. The lowest BCUT2D eigenvalue weighted by molar-refractivity contribution is -0.139. The smallest absolute Gasteiger partial charge is 0.307 e. The Morgan fingerprint density at radius 3 is 2.40 bits per heavy atom. The van der Waals surface area contributed by atoms with Gasteiger partial charge in [0.25, 0.3) is 0 Å². The average Bonchev–Trinajstić information content (AvgIpc) is 2.60. The molecule has 3 heteroatoms. The van der Waals surface area contributed by atoms with Crippen molar-refractivity contribution >= 4 is 12.3 Å². The molecule has 1 aliphatic carbocycles. The minimum Gasteiger partial charge on any atom is -0.481 e. The lowest BCUT2D eigenvalue weighted by Gasteiger charge is -1.84. The lowest BCUT2D eigenvalue weighted by Crippen LogP contribution is -2.00. The second-order valence-electron chi connectivity index (χ2n) is 2.65. The molecule has 0 saturated heterocycles. The summed E-state index contributed by atoms with van der Waals surface area (Å²) >= 11 is 0. The van der Waals surface area contributed by atoms with Crippen LogP contribution in [0, 0.1) is 17.8 Å². The number of carbonyl (C=O) groups excluding carboxylic acids is 1. The molecule has 1 aliphatic rings. The fourth-order valence-electron chi connectivity index (χ4n) is 1.46. The molecule has 0 aromatic heterocycles. The van der Waals surface area contributed by atoms with Crippen LogP contribution in [0.4, 0.5) is 0 Å². The van der Waals surface area contributed by atoms with Crippen LogP contribution in [0.5, 0.6) is 0 Å². The number of carboxylic acid groups (broad SMARTS) is 1. The summed E-state index contributed by atoms with van der Waals surface area (Å²) in [4.78, 5) is 20.5. The lowest BCUT2D eigenvalue weighted by atomic mass is 10.2. The number of carbonyl (C=O) groups is 2. The molecule has 3 nitrogen and oxygen atoms in total. The molecule has 1 rings (SSSR count).